The second kappa shape index (κ2) is 8.70. The van der Waals surface area contributed by atoms with E-state index >= 15 is 0 Å². The standard InChI is InChI=1S/C23H27N3O4S/c1-16-5-9-21(10-6-16)31(29,30)25-20-4-2-3-18(15-20)23(28)26-13-11-17(12-14-26)22(27)24-19-7-8-19/h2-6,9-10,15,17,19,25H,7-8,11-14H2,1H3,(H,24,27). The maximum absolute atomic E-state index is 12.9. The van der Waals surface area contributed by atoms with Gasteiger partial charge in [0.15, 0.2) is 0 Å². The first-order valence-corrected chi connectivity index (χ1v) is 12.1. The summed E-state index contributed by atoms with van der Waals surface area (Å²) in [4.78, 5) is 27.1. The van der Waals surface area contributed by atoms with Crippen LogP contribution in [0.15, 0.2) is 53.4 Å². The second-order valence-corrected chi connectivity index (χ2v) is 10.0. The first-order chi connectivity index (χ1) is 14.8. The number of amides is 2. The van der Waals surface area contributed by atoms with Crippen LogP contribution in [0.5, 0.6) is 0 Å². The lowest BCUT2D eigenvalue weighted by Crippen LogP contribution is -2.43. The number of carbonyl (C=O) groups excluding carboxylic acids is 2. The van der Waals surface area contributed by atoms with Gasteiger partial charge in [-0.25, -0.2) is 8.42 Å². The van der Waals surface area contributed by atoms with Gasteiger partial charge < -0.3 is 10.2 Å². The molecule has 31 heavy (non-hydrogen) atoms. The van der Waals surface area contributed by atoms with Gasteiger partial charge in [-0.1, -0.05) is 23.8 Å². The third-order valence-electron chi connectivity index (χ3n) is 5.77. The minimum absolute atomic E-state index is 0.0442. The van der Waals surface area contributed by atoms with Gasteiger partial charge in [0.2, 0.25) is 5.91 Å². The molecule has 8 heteroatoms. The Morgan fingerprint density at radius 3 is 2.29 bits per heavy atom. The summed E-state index contributed by atoms with van der Waals surface area (Å²) in [6.45, 7) is 2.92. The van der Waals surface area contributed by atoms with Crippen LogP contribution in [0.2, 0.25) is 0 Å². The number of nitrogens with zero attached hydrogens (tertiary/aromatic N) is 1. The van der Waals surface area contributed by atoms with Crippen molar-refractivity contribution < 1.29 is 18.0 Å². The van der Waals surface area contributed by atoms with Crippen molar-refractivity contribution in [3.05, 3.63) is 59.7 Å². The van der Waals surface area contributed by atoms with E-state index in [2.05, 4.69) is 10.0 Å². The Morgan fingerprint density at radius 1 is 0.968 bits per heavy atom. The summed E-state index contributed by atoms with van der Waals surface area (Å²) in [5.74, 6) is -0.100. The zero-order valence-electron chi connectivity index (χ0n) is 17.5. The van der Waals surface area contributed by atoms with Gasteiger partial charge in [0, 0.05) is 36.3 Å². The number of rotatable bonds is 6. The highest BCUT2D eigenvalue weighted by Gasteiger charge is 2.31. The van der Waals surface area contributed by atoms with Crippen LogP contribution in [-0.4, -0.2) is 44.3 Å². The second-order valence-electron chi connectivity index (χ2n) is 8.35. The third-order valence-corrected chi connectivity index (χ3v) is 7.17. The van der Waals surface area contributed by atoms with Crippen LogP contribution in [-0.2, 0) is 14.8 Å². The van der Waals surface area contributed by atoms with E-state index in [4.69, 9.17) is 0 Å². The van der Waals surface area contributed by atoms with Crippen LogP contribution in [0.3, 0.4) is 0 Å². The molecule has 1 saturated carbocycles. The number of anilines is 1. The summed E-state index contributed by atoms with van der Waals surface area (Å²) in [6, 6.07) is 13.4. The maximum atomic E-state index is 12.9. The maximum Gasteiger partial charge on any atom is 0.261 e. The summed E-state index contributed by atoms with van der Waals surface area (Å²) < 4.78 is 27.8. The number of sulfonamides is 1. The highest BCUT2D eigenvalue weighted by atomic mass is 32.2. The minimum atomic E-state index is -3.74. The SMILES string of the molecule is Cc1ccc(S(=O)(=O)Nc2cccc(C(=O)N3CCC(C(=O)NC4CC4)CC3)c2)cc1. The number of hydrogen-bond acceptors (Lipinski definition) is 4. The molecule has 2 N–H and O–H groups in total. The monoisotopic (exact) mass is 441 g/mol. The molecule has 0 unspecified atom stereocenters. The van der Waals surface area contributed by atoms with Crippen molar-refractivity contribution in [2.24, 2.45) is 5.92 Å². The predicted molar refractivity (Wildman–Crippen MR) is 118 cm³/mol. The van der Waals surface area contributed by atoms with Crippen molar-refractivity contribution in [3.8, 4) is 0 Å². The van der Waals surface area contributed by atoms with Crippen molar-refractivity contribution in [2.45, 2.75) is 43.5 Å². The number of nitrogens with one attached hydrogen (secondary N) is 2. The molecule has 1 aliphatic carbocycles. The minimum Gasteiger partial charge on any atom is -0.353 e. The Bertz CT molecular complexity index is 1070. The molecule has 2 aromatic carbocycles. The van der Waals surface area contributed by atoms with E-state index in [-0.39, 0.29) is 22.6 Å². The molecular weight excluding hydrogens is 414 g/mol. The Morgan fingerprint density at radius 2 is 1.65 bits per heavy atom. The fraction of sp³-hybridized carbons (Fsp3) is 0.391. The van der Waals surface area contributed by atoms with Crippen molar-refractivity contribution in [1.29, 1.82) is 0 Å². The topological polar surface area (TPSA) is 95.6 Å². The largest absolute Gasteiger partial charge is 0.353 e. The zero-order valence-corrected chi connectivity index (χ0v) is 18.3. The Labute approximate surface area is 182 Å². The highest BCUT2D eigenvalue weighted by molar-refractivity contribution is 7.92. The molecule has 2 amide bonds. The summed E-state index contributed by atoms with van der Waals surface area (Å²) in [5, 5.41) is 3.04. The first-order valence-electron chi connectivity index (χ1n) is 10.6. The molecule has 0 bridgehead atoms. The number of hydrogen-bond donors (Lipinski definition) is 2. The lowest BCUT2D eigenvalue weighted by Gasteiger charge is -2.31. The molecule has 164 valence electrons. The number of likely N-dealkylation sites (tertiary alicyclic amines) is 1. The van der Waals surface area contributed by atoms with E-state index in [0.717, 1.165) is 18.4 Å². The van der Waals surface area contributed by atoms with Crippen LogP contribution in [0, 0.1) is 12.8 Å². The van der Waals surface area contributed by atoms with Gasteiger partial charge in [-0.3, -0.25) is 14.3 Å². The van der Waals surface area contributed by atoms with Gasteiger partial charge in [-0.2, -0.15) is 0 Å². The molecule has 1 aliphatic heterocycles. The van der Waals surface area contributed by atoms with Crippen LogP contribution < -0.4 is 10.0 Å². The zero-order chi connectivity index (χ0) is 22.0. The normalized spacial score (nSPS) is 17.3. The van der Waals surface area contributed by atoms with E-state index in [1.54, 1.807) is 53.4 Å². The molecule has 7 nitrogen and oxygen atoms in total. The lowest BCUT2D eigenvalue weighted by molar-refractivity contribution is -0.126. The molecule has 0 aromatic heterocycles. The van der Waals surface area contributed by atoms with Gasteiger partial charge in [0.05, 0.1) is 4.90 Å². The summed E-state index contributed by atoms with van der Waals surface area (Å²) in [6.07, 6.45) is 3.41. The highest BCUT2D eigenvalue weighted by Crippen LogP contribution is 2.24. The van der Waals surface area contributed by atoms with Gasteiger partial charge in [-0.15, -0.1) is 0 Å². The van der Waals surface area contributed by atoms with Crippen molar-refractivity contribution >= 4 is 27.5 Å². The molecule has 4 rings (SSSR count). The summed E-state index contributed by atoms with van der Waals surface area (Å²) >= 11 is 0. The number of aryl methyl sites for hydroxylation is 1. The van der Waals surface area contributed by atoms with Crippen LogP contribution in [0.4, 0.5) is 5.69 Å². The van der Waals surface area contributed by atoms with Gasteiger partial charge in [0.25, 0.3) is 15.9 Å². The van der Waals surface area contributed by atoms with E-state index in [1.807, 2.05) is 6.92 Å². The third kappa shape index (κ3) is 5.25. The lowest BCUT2D eigenvalue weighted by atomic mass is 9.95. The van der Waals surface area contributed by atoms with Gasteiger partial charge in [-0.05, 0) is 62.9 Å². The fourth-order valence-electron chi connectivity index (χ4n) is 3.72. The quantitative estimate of drug-likeness (QED) is 0.721. The van der Waals surface area contributed by atoms with E-state index < -0.39 is 10.0 Å². The van der Waals surface area contributed by atoms with Crippen LogP contribution >= 0.6 is 0 Å². The van der Waals surface area contributed by atoms with E-state index in [9.17, 15) is 18.0 Å². The van der Waals surface area contributed by atoms with E-state index in [1.165, 1.54) is 0 Å². The number of carbonyl (C=O) groups is 2. The molecule has 1 saturated heterocycles. The predicted octanol–water partition coefficient (Wildman–Crippen LogP) is 2.93. The smallest absolute Gasteiger partial charge is 0.261 e. The fourth-order valence-corrected chi connectivity index (χ4v) is 4.77. The van der Waals surface area contributed by atoms with Gasteiger partial charge >= 0.3 is 0 Å². The Balaban J connectivity index is 1.39. The Hall–Kier alpha value is -2.87. The molecular formula is C23H27N3O4S. The molecule has 0 spiro atoms. The first kappa shape index (κ1) is 21.4. The molecule has 1 heterocycles. The summed E-state index contributed by atoms with van der Waals surface area (Å²) in [7, 11) is -3.74. The van der Waals surface area contributed by atoms with Crippen molar-refractivity contribution in [3.63, 3.8) is 0 Å². The average Bonchev–Trinajstić information content (AvgIpc) is 3.57. The molecule has 2 fully saturated rings. The number of piperidine rings is 1. The van der Waals surface area contributed by atoms with Crippen LogP contribution in [0.1, 0.15) is 41.6 Å². The van der Waals surface area contributed by atoms with Crippen LogP contribution in [0.25, 0.3) is 0 Å². The molecule has 2 aromatic rings. The average molecular weight is 442 g/mol. The molecule has 0 radical (unpaired) electrons. The summed E-state index contributed by atoms with van der Waals surface area (Å²) in [5.41, 5.74) is 1.73. The molecule has 2 aliphatic rings. The van der Waals surface area contributed by atoms with Crippen molar-refractivity contribution in [1.82, 2.24) is 10.2 Å². The van der Waals surface area contributed by atoms with Crippen molar-refractivity contribution in [2.75, 3.05) is 17.8 Å². The van der Waals surface area contributed by atoms with Gasteiger partial charge in [0.1, 0.15) is 0 Å². The molecule has 0 atom stereocenters. The number of benzene rings is 2. The Kier molecular flexibility index (Phi) is 6.00. The van der Waals surface area contributed by atoms with E-state index in [0.29, 0.717) is 43.2 Å².